The van der Waals surface area contributed by atoms with Gasteiger partial charge in [-0.1, -0.05) is 13.0 Å². The molecular formula is C20H27ClN4O. The second-order valence-electron chi connectivity index (χ2n) is 7.41. The van der Waals surface area contributed by atoms with Gasteiger partial charge in [0, 0.05) is 24.7 Å². The lowest BCUT2D eigenvalue weighted by atomic mass is 9.91. The lowest BCUT2D eigenvalue weighted by Gasteiger charge is -2.38. The molecule has 6 heteroatoms. The summed E-state index contributed by atoms with van der Waals surface area (Å²) in [5, 5.41) is 10.8. The molecule has 0 aromatic carbocycles. The summed E-state index contributed by atoms with van der Waals surface area (Å²) in [5.41, 5.74) is 3.02. The van der Waals surface area contributed by atoms with Crippen molar-refractivity contribution in [2.75, 3.05) is 18.0 Å². The molecule has 1 N–H and O–H groups in total. The number of aliphatic imine (C=N–C) groups is 1. The maximum absolute atomic E-state index is 10.5. The highest BCUT2D eigenvalue weighted by atomic mass is 35.5. The zero-order valence-corrected chi connectivity index (χ0v) is 16.7. The van der Waals surface area contributed by atoms with Crippen LogP contribution in [-0.2, 0) is 0 Å². The molecule has 1 fully saturated rings. The quantitative estimate of drug-likeness (QED) is 0.807. The van der Waals surface area contributed by atoms with Gasteiger partial charge in [0.15, 0.2) is 0 Å². The molecule has 1 aromatic heterocycles. The molecule has 1 aromatic rings. The summed E-state index contributed by atoms with van der Waals surface area (Å²) >= 11 is 6.21. The molecule has 2 atom stereocenters. The Kier molecular flexibility index (Phi) is 5.49. The first-order valence-electron chi connectivity index (χ1n) is 9.32. The molecule has 5 nitrogen and oxygen atoms in total. The predicted molar refractivity (Wildman–Crippen MR) is 109 cm³/mol. The van der Waals surface area contributed by atoms with Gasteiger partial charge in [-0.3, -0.25) is 4.99 Å². The SMILES string of the molecule is C/C=C1\C(=NC(C)CC)C=Cc2nc(Cl)nc(N3CCCC(C)(O)C3)c21. The van der Waals surface area contributed by atoms with Crippen molar-refractivity contribution in [3.8, 4) is 0 Å². The van der Waals surface area contributed by atoms with Crippen LogP contribution in [0, 0.1) is 0 Å². The highest BCUT2D eigenvalue weighted by Crippen LogP contribution is 2.36. The lowest BCUT2D eigenvalue weighted by molar-refractivity contribution is 0.0447. The van der Waals surface area contributed by atoms with Gasteiger partial charge in [0.25, 0.3) is 0 Å². The molecule has 0 spiro atoms. The van der Waals surface area contributed by atoms with E-state index in [0.717, 1.165) is 54.2 Å². The normalized spacial score (nSPS) is 27.1. The summed E-state index contributed by atoms with van der Waals surface area (Å²) in [6.45, 7) is 9.51. The van der Waals surface area contributed by atoms with Crippen LogP contribution in [-0.4, -0.2) is 45.5 Å². The van der Waals surface area contributed by atoms with E-state index in [0.29, 0.717) is 6.54 Å². The van der Waals surface area contributed by atoms with Crippen molar-refractivity contribution in [3.05, 3.63) is 28.7 Å². The highest BCUT2D eigenvalue weighted by molar-refractivity contribution is 6.34. The number of nitrogens with zero attached hydrogens (tertiary/aromatic N) is 4. The average molecular weight is 375 g/mol. The number of rotatable bonds is 3. The summed E-state index contributed by atoms with van der Waals surface area (Å²) in [4.78, 5) is 15.9. The topological polar surface area (TPSA) is 61.6 Å². The first-order valence-corrected chi connectivity index (χ1v) is 9.70. The molecule has 3 rings (SSSR count). The van der Waals surface area contributed by atoms with Gasteiger partial charge in [0.2, 0.25) is 5.28 Å². The zero-order chi connectivity index (χ0) is 18.9. The monoisotopic (exact) mass is 374 g/mol. The van der Waals surface area contributed by atoms with Crippen molar-refractivity contribution in [1.29, 1.82) is 0 Å². The van der Waals surface area contributed by atoms with Crippen molar-refractivity contribution < 1.29 is 5.11 Å². The average Bonchev–Trinajstić information content (AvgIpc) is 2.60. The fourth-order valence-corrected chi connectivity index (χ4v) is 3.73. The Morgan fingerprint density at radius 1 is 1.42 bits per heavy atom. The van der Waals surface area contributed by atoms with E-state index in [1.165, 1.54) is 0 Å². The van der Waals surface area contributed by atoms with Gasteiger partial charge in [-0.25, -0.2) is 4.98 Å². The van der Waals surface area contributed by atoms with E-state index in [1.807, 2.05) is 26.0 Å². The van der Waals surface area contributed by atoms with Crippen LogP contribution in [0.15, 0.2) is 17.1 Å². The summed E-state index contributed by atoms with van der Waals surface area (Å²) in [7, 11) is 0. The number of hydrogen-bond acceptors (Lipinski definition) is 5. The number of hydrogen-bond donors (Lipinski definition) is 1. The van der Waals surface area contributed by atoms with Crippen LogP contribution in [0.1, 0.15) is 58.2 Å². The van der Waals surface area contributed by atoms with Crippen molar-refractivity contribution in [1.82, 2.24) is 9.97 Å². The summed E-state index contributed by atoms with van der Waals surface area (Å²) in [5.74, 6) is 0.786. The van der Waals surface area contributed by atoms with E-state index >= 15 is 0 Å². The summed E-state index contributed by atoms with van der Waals surface area (Å²) in [6, 6.07) is 0.249. The smallest absolute Gasteiger partial charge is 0.224 e. The van der Waals surface area contributed by atoms with Gasteiger partial charge < -0.3 is 10.0 Å². The Balaban J connectivity index is 2.12. The molecule has 1 aliphatic heterocycles. The molecule has 2 unspecified atom stereocenters. The summed E-state index contributed by atoms with van der Waals surface area (Å²) < 4.78 is 0. The Morgan fingerprint density at radius 2 is 2.19 bits per heavy atom. The maximum atomic E-state index is 10.5. The van der Waals surface area contributed by atoms with E-state index in [1.54, 1.807) is 0 Å². The molecule has 0 amide bonds. The van der Waals surface area contributed by atoms with E-state index < -0.39 is 5.60 Å². The van der Waals surface area contributed by atoms with Crippen molar-refractivity contribution in [3.63, 3.8) is 0 Å². The molecule has 1 aliphatic carbocycles. The molecule has 26 heavy (non-hydrogen) atoms. The Labute approximate surface area is 160 Å². The Bertz CT molecular complexity index is 782. The van der Waals surface area contributed by atoms with E-state index in [-0.39, 0.29) is 11.3 Å². The Hall–Kier alpha value is -1.72. The number of halogens is 1. The minimum atomic E-state index is -0.725. The standard InChI is InChI=1S/C20H27ClN4O/c1-5-13(3)22-15-8-9-16-17(14(15)6-2)18(24-19(21)23-16)25-11-7-10-20(4,26)12-25/h6,8-9,13,26H,5,7,10-12H2,1-4H3/b14-6+,22-15?. The van der Waals surface area contributed by atoms with Crippen LogP contribution in [0.4, 0.5) is 5.82 Å². The molecular weight excluding hydrogens is 348 g/mol. The van der Waals surface area contributed by atoms with Crippen LogP contribution >= 0.6 is 11.6 Å². The fourth-order valence-electron chi connectivity index (χ4n) is 3.56. The number of aromatic nitrogens is 2. The largest absolute Gasteiger partial charge is 0.388 e. The number of piperidine rings is 1. The number of fused-ring (bicyclic) bond motifs is 1. The van der Waals surface area contributed by atoms with E-state index in [4.69, 9.17) is 16.6 Å². The van der Waals surface area contributed by atoms with Gasteiger partial charge in [-0.05, 0) is 63.8 Å². The number of allylic oxidation sites excluding steroid dienone is 3. The van der Waals surface area contributed by atoms with Crippen molar-refractivity contribution in [2.45, 2.75) is 58.6 Å². The van der Waals surface area contributed by atoms with E-state index in [9.17, 15) is 5.11 Å². The maximum Gasteiger partial charge on any atom is 0.224 e. The number of anilines is 1. The van der Waals surface area contributed by atoms with Crippen LogP contribution in [0.2, 0.25) is 5.28 Å². The minimum Gasteiger partial charge on any atom is -0.388 e. The third-order valence-electron chi connectivity index (χ3n) is 5.05. The number of aliphatic hydroxyl groups is 1. The predicted octanol–water partition coefficient (Wildman–Crippen LogP) is 4.15. The molecule has 140 valence electrons. The van der Waals surface area contributed by atoms with Gasteiger partial charge >= 0.3 is 0 Å². The number of β-amino-alcohol motifs (C(OH)–C–C–N with tert-alkyl or cyclic N) is 1. The summed E-state index contributed by atoms with van der Waals surface area (Å²) in [6.07, 6.45) is 8.72. The molecule has 1 saturated heterocycles. The third kappa shape index (κ3) is 3.84. The molecule has 0 radical (unpaired) electrons. The molecule has 2 heterocycles. The molecule has 0 bridgehead atoms. The Morgan fingerprint density at radius 3 is 2.85 bits per heavy atom. The van der Waals surface area contributed by atoms with Gasteiger partial charge in [0.05, 0.1) is 22.6 Å². The van der Waals surface area contributed by atoms with Crippen LogP contribution < -0.4 is 4.90 Å². The molecule has 2 aliphatic rings. The lowest BCUT2D eigenvalue weighted by Crippen LogP contribution is -2.47. The second kappa shape index (κ2) is 7.49. The van der Waals surface area contributed by atoms with Crippen LogP contribution in [0.3, 0.4) is 0 Å². The second-order valence-corrected chi connectivity index (χ2v) is 7.74. The fraction of sp³-hybridized carbons (Fsp3) is 0.550. The minimum absolute atomic E-state index is 0.228. The van der Waals surface area contributed by atoms with Gasteiger partial charge in [-0.2, -0.15) is 4.98 Å². The highest BCUT2D eigenvalue weighted by Gasteiger charge is 2.32. The van der Waals surface area contributed by atoms with Crippen LogP contribution in [0.25, 0.3) is 11.6 Å². The van der Waals surface area contributed by atoms with Crippen molar-refractivity contribution >= 4 is 34.8 Å². The van der Waals surface area contributed by atoms with Crippen LogP contribution in [0.5, 0.6) is 0 Å². The van der Waals surface area contributed by atoms with Crippen molar-refractivity contribution in [2.24, 2.45) is 4.99 Å². The van der Waals surface area contributed by atoms with Gasteiger partial charge in [-0.15, -0.1) is 0 Å². The third-order valence-corrected chi connectivity index (χ3v) is 5.22. The van der Waals surface area contributed by atoms with Gasteiger partial charge in [0.1, 0.15) is 5.82 Å². The first-order chi connectivity index (χ1) is 12.3. The molecule has 0 saturated carbocycles. The zero-order valence-electron chi connectivity index (χ0n) is 16.0. The van der Waals surface area contributed by atoms with E-state index in [2.05, 4.69) is 34.8 Å². The first kappa shape index (κ1) is 19.1.